The van der Waals surface area contributed by atoms with E-state index in [0.717, 1.165) is 51.1 Å². The Hall–Kier alpha value is -1.72. The first-order valence-electron chi connectivity index (χ1n) is 8.65. The molecule has 2 aromatic rings. The number of rotatable bonds is 7. The molecule has 0 spiro atoms. The molecule has 0 bridgehead atoms. The van der Waals surface area contributed by atoms with Gasteiger partial charge in [0.2, 0.25) is 0 Å². The minimum atomic E-state index is 0.515. The Morgan fingerprint density at radius 2 is 2.00 bits per heavy atom. The van der Waals surface area contributed by atoms with Crippen LogP contribution in [0.4, 0.5) is 0 Å². The predicted octanol–water partition coefficient (Wildman–Crippen LogP) is 2.27. The molecule has 1 saturated heterocycles. The molecule has 0 radical (unpaired) electrons. The topological polar surface area (TPSA) is 46.0 Å². The van der Waals surface area contributed by atoms with Crippen LogP contribution in [0.1, 0.15) is 36.6 Å². The minimum absolute atomic E-state index is 0.515. The zero-order chi connectivity index (χ0) is 15.9. The molecule has 5 heteroatoms. The first-order chi connectivity index (χ1) is 11.3. The van der Waals surface area contributed by atoms with Crippen LogP contribution in [0.3, 0.4) is 0 Å². The maximum Gasteiger partial charge on any atom is 0.0967 e. The van der Waals surface area contributed by atoms with Crippen LogP contribution in [-0.4, -0.2) is 46.6 Å². The van der Waals surface area contributed by atoms with Crippen molar-refractivity contribution >= 4 is 0 Å². The molecule has 1 aromatic heterocycles. The summed E-state index contributed by atoms with van der Waals surface area (Å²) in [7, 11) is 2.16. The van der Waals surface area contributed by atoms with Crippen LogP contribution in [-0.2, 0) is 13.0 Å². The Morgan fingerprint density at radius 3 is 2.78 bits per heavy atom. The monoisotopic (exact) mass is 313 g/mol. The second-order valence-corrected chi connectivity index (χ2v) is 6.50. The van der Waals surface area contributed by atoms with E-state index < -0.39 is 0 Å². The number of nitrogens with one attached hydrogen (secondary N) is 1. The predicted molar refractivity (Wildman–Crippen MR) is 92.3 cm³/mol. The first-order valence-corrected chi connectivity index (χ1v) is 8.65. The van der Waals surface area contributed by atoms with Gasteiger partial charge >= 0.3 is 0 Å². The third-order valence-electron chi connectivity index (χ3n) is 4.52. The number of aromatic nitrogens is 3. The van der Waals surface area contributed by atoms with Gasteiger partial charge in [-0.05, 0) is 57.9 Å². The SMILES string of the molecule is CN(CCCc1ccccc1)Cc1cn(C2CCNCC2)nn1. The molecule has 1 N–H and O–H groups in total. The average Bonchev–Trinajstić information content (AvgIpc) is 3.05. The van der Waals surface area contributed by atoms with Crippen molar-refractivity contribution in [2.75, 3.05) is 26.7 Å². The van der Waals surface area contributed by atoms with Crippen LogP contribution < -0.4 is 5.32 Å². The number of piperidine rings is 1. The number of benzene rings is 1. The molecule has 2 heterocycles. The molecule has 0 amide bonds. The molecular weight excluding hydrogens is 286 g/mol. The lowest BCUT2D eigenvalue weighted by Gasteiger charge is -2.22. The van der Waals surface area contributed by atoms with E-state index in [1.165, 1.54) is 12.0 Å². The van der Waals surface area contributed by atoms with Crippen molar-refractivity contribution in [2.45, 2.75) is 38.3 Å². The molecule has 23 heavy (non-hydrogen) atoms. The Morgan fingerprint density at radius 1 is 1.22 bits per heavy atom. The van der Waals surface area contributed by atoms with Gasteiger partial charge in [-0.25, -0.2) is 4.68 Å². The van der Waals surface area contributed by atoms with Crippen molar-refractivity contribution in [1.29, 1.82) is 0 Å². The summed E-state index contributed by atoms with van der Waals surface area (Å²) < 4.78 is 2.06. The third kappa shape index (κ3) is 4.88. The molecule has 3 rings (SSSR count). The van der Waals surface area contributed by atoms with Gasteiger partial charge in [-0.15, -0.1) is 5.10 Å². The van der Waals surface area contributed by atoms with E-state index in [1.54, 1.807) is 0 Å². The van der Waals surface area contributed by atoms with E-state index in [-0.39, 0.29) is 0 Å². The van der Waals surface area contributed by atoms with Crippen molar-refractivity contribution in [1.82, 2.24) is 25.2 Å². The fraction of sp³-hybridized carbons (Fsp3) is 0.556. The fourth-order valence-electron chi connectivity index (χ4n) is 3.19. The summed E-state index contributed by atoms with van der Waals surface area (Å²) in [6.07, 6.45) is 6.73. The van der Waals surface area contributed by atoms with Crippen LogP contribution in [0.2, 0.25) is 0 Å². The van der Waals surface area contributed by atoms with Gasteiger partial charge in [0.25, 0.3) is 0 Å². The van der Waals surface area contributed by atoms with E-state index >= 15 is 0 Å². The van der Waals surface area contributed by atoms with Gasteiger partial charge in [-0.2, -0.15) is 0 Å². The van der Waals surface area contributed by atoms with Gasteiger partial charge in [0.1, 0.15) is 0 Å². The van der Waals surface area contributed by atoms with Crippen molar-refractivity contribution in [3.8, 4) is 0 Å². The van der Waals surface area contributed by atoms with Gasteiger partial charge in [0.05, 0.1) is 17.9 Å². The second-order valence-electron chi connectivity index (χ2n) is 6.50. The second kappa shape index (κ2) is 8.22. The first kappa shape index (κ1) is 16.1. The highest BCUT2D eigenvalue weighted by molar-refractivity contribution is 5.14. The van der Waals surface area contributed by atoms with E-state index in [4.69, 9.17) is 0 Å². The molecule has 1 aromatic carbocycles. The lowest BCUT2D eigenvalue weighted by Crippen LogP contribution is -2.29. The van der Waals surface area contributed by atoms with E-state index in [0.29, 0.717) is 6.04 Å². The maximum atomic E-state index is 4.35. The smallest absolute Gasteiger partial charge is 0.0967 e. The normalized spacial score (nSPS) is 16.1. The van der Waals surface area contributed by atoms with E-state index in [2.05, 4.69) is 68.8 Å². The molecule has 0 aliphatic carbocycles. The highest BCUT2D eigenvalue weighted by Crippen LogP contribution is 2.17. The van der Waals surface area contributed by atoms with Gasteiger partial charge in [-0.3, -0.25) is 0 Å². The number of hydrogen-bond donors (Lipinski definition) is 1. The van der Waals surface area contributed by atoms with E-state index in [9.17, 15) is 0 Å². The maximum absolute atomic E-state index is 4.35. The number of aryl methyl sites for hydroxylation is 1. The van der Waals surface area contributed by atoms with Crippen LogP contribution in [0.5, 0.6) is 0 Å². The summed E-state index contributed by atoms with van der Waals surface area (Å²) in [6, 6.07) is 11.2. The number of nitrogens with zero attached hydrogens (tertiary/aromatic N) is 4. The molecular formula is C18H27N5. The Labute approximate surface area is 138 Å². The molecule has 1 aliphatic rings. The lowest BCUT2D eigenvalue weighted by molar-refractivity contribution is 0.318. The van der Waals surface area contributed by atoms with E-state index in [1.807, 2.05) is 0 Å². The summed E-state index contributed by atoms with van der Waals surface area (Å²) in [5, 5.41) is 12.1. The molecule has 1 fully saturated rings. The van der Waals surface area contributed by atoms with Crippen LogP contribution in [0.25, 0.3) is 0 Å². The summed E-state index contributed by atoms with van der Waals surface area (Å²) >= 11 is 0. The zero-order valence-corrected chi connectivity index (χ0v) is 14.0. The Bertz CT molecular complexity index is 574. The highest BCUT2D eigenvalue weighted by Gasteiger charge is 2.16. The zero-order valence-electron chi connectivity index (χ0n) is 14.0. The van der Waals surface area contributed by atoms with Crippen molar-refractivity contribution in [3.63, 3.8) is 0 Å². The summed E-state index contributed by atoms with van der Waals surface area (Å²) in [5.41, 5.74) is 2.49. The minimum Gasteiger partial charge on any atom is -0.317 e. The Balaban J connectivity index is 1.42. The molecule has 0 atom stereocenters. The van der Waals surface area contributed by atoms with Gasteiger partial charge in [-0.1, -0.05) is 35.5 Å². The van der Waals surface area contributed by atoms with Crippen LogP contribution in [0.15, 0.2) is 36.5 Å². The van der Waals surface area contributed by atoms with Crippen LogP contribution in [0, 0.1) is 0 Å². The molecule has 124 valence electrons. The summed E-state index contributed by atoms with van der Waals surface area (Å²) in [5.74, 6) is 0. The van der Waals surface area contributed by atoms with Crippen molar-refractivity contribution in [3.05, 3.63) is 47.8 Å². The Kier molecular flexibility index (Phi) is 5.77. The third-order valence-corrected chi connectivity index (χ3v) is 4.52. The van der Waals surface area contributed by atoms with Crippen molar-refractivity contribution in [2.24, 2.45) is 0 Å². The molecule has 5 nitrogen and oxygen atoms in total. The molecule has 0 saturated carbocycles. The fourth-order valence-corrected chi connectivity index (χ4v) is 3.19. The average molecular weight is 313 g/mol. The highest BCUT2D eigenvalue weighted by atomic mass is 15.4. The lowest BCUT2D eigenvalue weighted by atomic mass is 10.1. The molecule has 1 aliphatic heterocycles. The summed E-state index contributed by atoms with van der Waals surface area (Å²) in [4.78, 5) is 2.33. The van der Waals surface area contributed by atoms with Gasteiger partial charge in [0.15, 0.2) is 0 Å². The standard InChI is InChI=1S/C18H27N5/c1-22(13-5-8-16-6-3-2-4-7-16)14-17-15-23(21-20-17)18-9-11-19-12-10-18/h2-4,6-7,15,18-19H,5,8-14H2,1H3. The quantitative estimate of drug-likeness (QED) is 0.852. The molecule has 0 unspecified atom stereocenters. The van der Waals surface area contributed by atoms with Gasteiger partial charge in [0, 0.05) is 6.54 Å². The van der Waals surface area contributed by atoms with Gasteiger partial charge < -0.3 is 10.2 Å². The summed E-state index contributed by atoms with van der Waals surface area (Å²) in [6.45, 7) is 4.12. The largest absolute Gasteiger partial charge is 0.317 e. The van der Waals surface area contributed by atoms with Crippen LogP contribution >= 0.6 is 0 Å². The van der Waals surface area contributed by atoms with Crippen molar-refractivity contribution < 1.29 is 0 Å². The number of hydrogen-bond acceptors (Lipinski definition) is 4.